The summed E-state index contributed by atoms with van der Waals surface area (Å²) in [5.41, 5.74) is 7.90. The van der Waals surface area contributed by atoms with Crippen LogP contribution in [0.3, 0.4) is 0 Å². The minimum atomic E-state index is -0.821. The Hall–Kier alpha value is -1.81. The van der Waals surface area contributed by atoms with Gasteiger partial charge in [-0.2, -0.15) is 0 Å². The van der Waals surface area contributed by atoms with Crippen LogP contribution in [-0.2, 0) is 9.53 Å². The Morgan fingerprint density at radius 1 is 1.50 bits per heavy atom. The van der Waals surface area contributed by atoms with E-state index in [2.05, 4.69) is 0 Å². The number of carboxylic acids is 1. The summed E-state index contributed by atoms with van der Waals surface area (Å²) < 4.78 is 5.54. The van der Waals surface area contributed by atoms with Gasteiger partial charge in [0.05, 0.1) is 12.2 Å². The van der Waals surface area contributed by atoms with Crippen LogP contribution >= 0.6 is 0 Å². The van der Waals surface area contributed by atoms with Crippen molar-refractivity contribution in [3.63, 3.8) is 0 Å². The van der Waals surface area contributed by atoms with E-state index in [0.717, 1.165) is 11.1 Å². The van der Waals surface area contributed by atoms with Gasteiger partial charge in [0.2, 0.25) is 0 Å². The van der Waals surface area contributed by atoms with E-state index in [4.69, 9.17) is 15.6 Å². The van der Waals surface area contributed by atoms with Crippen molar-refractivity contribution in [3.05, 3.63) is 47.7 Å². The molecule has 1 aromatic carbocycles. The molecule has 96 valence electrons. The van der Waals surface area contributed by atoms with Crippen molar-refractivity contribution in [1.29, 1.82) is 0 Å². The Kier molecular flexibility index (Phi) is 3.67. The fraction of sp³-hybridized carbons (Fsp3) is 0.357. The maximum absolute atomic E-state index is 11.0. The van der Waals surface area contributed by atoms with Crippen LogP contribution in [0.1, 0.15) is 36.6 Å². The molecule has 2 rings (SSSR count). The first-order valence-corrected chi connectivity index (χ1v) is 5.99. The van der Waals surface area contributed by atoms with Crippen LogP contribution in [0, 0.1) is 5.92 Å². The molecular weight excluding hydrogens is 230 g/mol. The molecule has 3 N–H and O–H groups in total. The van der Waals surface area contributed by atoms with Gasteiger partial charge in [-0.25, -0.2) is 0 Å². The fourth-order valence-corrected chi connectivity index (χ4v) is 2.20. The second-order valence-corrected chi connectivity index (χ2v) is 4.55. The molecule has 0 saturated carbocycles. The number of nitrogens with two attached hydrogens (primary N) is 1. The number of carboxylic acid groups (broad SMARTS) is 1. The summed E-state index contributed by atoms with van der Waals surface area (Å²) in [6.07, 6.45) is 3.26. The second kappa shape index (κ2) is 5.23. The van der Waals surface area contributed by atoms with E-state index < -0.39 is 11.9 Å². The lowest BCUT2D eigenvalue weighted by Crippen LogP contribution is -2.21. The molecule has 0 aliphatic carbocycles. The monoisotopic (exact) mass is 247 g/mol. The number of hydrogen-bond acceptors (Lipinski definition) is 3. The Morgan fingerprint density at radius 3 is 2.89 bits per heavy atom. The van der Waals surface area contributed by atoms with Crippen molar-refractivity contribution in [2.75, 3.05) is 0 Å². The van der Waals surface area contributed by atoms with Crippen LogP contribution in [0.15, 0.2) is 36.6 Å². The minimum Gasteiger partial charge on any atom is -0.494 e. The summed E-state index contributed by atoms with van der Waals surface area (Å²) >= 11 is 0. The van der Waals surface area contributed by atoms with E-state index in [-0.39, 0.29) is 12.1 Å². The standard InChI is InChI=1S/C14H17NO3/c1-9(15)11-4-2-3-5-12(11)13-8-10(14(16)17)6-7-18-13/h2-7,9-10,13H,8,15H2,1H3,(H,16,17)/t9-,10?,13?/m1/s1. The zero-order valence-electron chi connectivity index (χ0n) is 10.2. The van der Waals surface area contributed by atoms with Crippen LogP contribution < -0.4 is 5.73 Å². The molecule has 2 unspecified atom stereocenters. The number of benzene rings is 1. The number of ether oxygens (including phenoxy) is 1. The molecule has 4 nitrogen and oxygen atoms in total. The number of hydrogen-bond donors (Lipinski definition) is 2. The molecule has 0 saturated heterocycles. The second-order valence-electron chi connectivity index (χ2n) is 4.55. The van der Waals surface area contributed by atoms with E-state index in [1.807, 2.05) is 31.2 Å². The van der Waals surface area contributed by atoms with Gasteiger partial charge in [-0.15, -0.1) is 0 Å². The van der Waals surface area contributed by atoms with Crippen molar-refractivity contribution in [1.82, 2.24) is 0 Å². The summed E-state index contributed by atoms with van der Waals surface area (Å²) in [6.45, 7) is 1.91. The van der Waals surface area contributed by atoms with Crippen molar-refractivity contribution in [3.8, 4) is 0 Å². The van der Waals surface area contributed by atoms with E-state index in [1.54, 1.807) is 6.08 Å². The lowest BCUT2D eigenvalue weighted by Gasteiger charge is -2.26. The van der Waals surface area contributed by atoms with Gasteiger partial charge in [0.25, 0.3) is 0 Å². The smallest absolute Gasteiger partial charge is 0.310 e. The molecule has 1 aromatic rings. The van der Waals surface area contributed by atoms with Gasteiger partial charge in [0.1, 0.15) is 6.10 Å². The quantitative estimate of drug-likeness (QED) is 0.860. The molecule has 0 amide bonds. The van der Waals surface area contributed by atoms with Gasteiger partial charge in [-0.05, 0) is 24.1 Å². The topological polar surface area (TPSA) is 72.6 Å². The van der Waals surface area contributed by atoms with Gasteiger partial charge in [0, 0.05) is 12.5 Å². The molecule has 1 aliphatic heterocycles. The molecule has 0 bridgehead atoms. The zero-order valence-corrected chi connectivity index (χ0v) is 10.2. The SMILES string of the molecule is C[C@@H](N)c1ccccc1C1CC(C(=O)O)C=CO1. The van der Waals surface area contributed by atoms with Crippen LogP contribution in [0.5, 0.6) is 0 Å². The summed E-state index contributed by atoms with van der Waals surface area (Å²) in [5, 5.41) is 9.05. The predicted octanol–water partition coefficient (Wildman–Crippen LogP) is 2.38. The van der Waals surface area contributed by atoms with Crippen molar-refractivity contribution < 1.29 is 14.6 Å². The Balaban J connectivity index is 2.27. The van der Waals surface area contributed by atoms with Crippen LogP contribution in [0.4, 0.5) is 0 Å². The average Bonchev–Trinajstić information content (AvgIpc) is 2.39. The van der Waals surface area contributed by atoms with Crippen LogP contribution in [-0.4, -0.2) is 11.1 Å². The van der Waals surface area contributed by atoms with Gasteiger partial charge in [-0.3, -0.25) is 4.79 Å². The van der Waals surface area contributed by atoms with E-state index in [1.165, 1.54) is 6.26 Å². The first-order chi connectivity index (χ1) is 8.59. The first kappa shape index (κ1) is 12.6. The molecule has 3 atom stereocenters. The van der Waals surface area contributed by atoms with E-state index >= 15 is 0 Å². The van der Waals surface area contributed by atoms with Crippen molar-refractivity contribution in [2.45, 2.75) is 25.5 Å². The molecule has 0 spiro atoms. The number of aliphatic carboxylic acids is 1. The highest BCUT2D eigenvalue weighted by Crippen LogP contribution is 2.33. The predicted molar refractivity (Wildman–Crippen MR) is 67.8 cm³/mol. The fourth-order valence-electron chi connectivity index (χ4n) is 2.20. The molecule has 18 heavy (non-hydrogen) atoms. The number of rotatable bonds is 3. The molecule has 1 heterocycles. The van der Waals surface area contributed by atoms with Gasteiger partial charge < -0.3 is 15.6 Å². The Bertz CT molecular complexity index is 468. The van der Waals surface area contributed by atoms with Gasteiger partial charge in [-0.1, -0.05) is 24.3 Å². The van der Waals surface area contributed by atoms with Gasteiger partial charge in [0.15, 0.2) is 0 Å². The molecule has 0 radical (unpaired) electrons. The van der Waals surface area contributed by atoms with E-state index in [9.17, 15) is 4.79 Å². The summed E-state index contributed by atoms with van der Waals surface area (Å²) in [6, 6.07) is 7.64. The lowest BCUT2D eigenvalue weighted by atomic mass is 9.90. The van der Waals surface area contributed by atoms with Crippen LogP contribution in [0.2, 0.25) is 0 Å². The molecule has 1 aliphatic rings. The Morgan fingerprint density at radius 2 is 2.22 bits per heavy atom. The minimum absolute atomic E-state index is 0.0982. The van der Waals surface area contributed by atoms with E-state index in [0.29, 0.717) is 6.42 Å². The van der Waals surface area contributed by atoms with Crippen molar-refractivity contribution in [2.24, 2.45) is 11.7 Å². The summed E-state index contributed by atoms with van der Waals surface area (Å²) in [4.78, 5) is 11.0. The number of carbonyl (C=O) groups is 1. The molecular formula is C14H17NO3. The highest BCUT2D eigenvalue weighted by Gasteiger charge is 2.27. The summed E-state index contributed by atoms with van der Waals surface area (Å²) in [5.74, 6) is -1.32. The first-order valence-electron chi connectivity index (χ1n) is 5.99. The molecule has 0 aromatic heterocycles. The molecule has 4 heteroatoms. The Labute approximate surface area is 106 Å². The lowest BCUT2D eigenvalue weighted by molar-refractivity contribution is -0.141. The third-order valence-corrected chi connectivity index (χ3v) is 3.17. The van der Waals surface area contributed by atoms with Gasteiger partial charge >= 0.3 is 5.97 Å². The average molecular weight is 247 g/mol. The third-order valence-electron chi connectivity index (χ3n) is 3.17. The molecule has 0 fully saturated rings. The largest absolute Gasteiger partial charge is 0.494 e. The third kappa shape index (κ3) is 2.54. The summed E-state index contributed by atoms with van der Waals surface area (Å²) in [7, 11) is 0. The normalized spacial score (nSPS) is 24.3. The van der Waals surface area contributed by atoms with Crippen LogP contribution in [0.25, 0.3) is 0 Å². The zero-order chi connectivity index (χ0) is 13.1. The highest BCUT2D eigenvalue weighted by atomic mass is 16.5. The maximum atomic E-state index is 11.0. The van der Waals surface area contributed by atoms with Crippen molar-refractivity contribution >= 4 is 5.97 Å². The highest BCUT2D eigenvalue weighted by molar-refractivity contribution is 5.72. The maximum Gasteiger partial charge on any atom is 0.310 e.